The SMILES string of the molecule is CC1CCN(c2ccc(NC(=O)c3ccc(OCC4CC4)cc3)cc2)C1. The van der Waals surface area contributed by atoms with Crippen LogP contribution >= 0.6 is 0 Å². The average Bonchev–Trinajstić information content (AvgIpc) is 3.40. The number of anilines is 2. The number of rotatable bonds is 6. The van der Waals surface area contributed by atoms with Crippen LogP contribution < -0.4 is 15.0 Å². The molecule has 26 heavy (non-hydrogen) atoms. The lowest BCUT2D eigenvalue weighted by atomic mass is 10.2. The summed E-state index contributed by atoms with van der Waals surface area (Å²) in [5, 5.41) is 2.97. The summed E-state index contributed by atoms with van der Waals surface area (Å²) >= 11 is 0. The standard InChI is InChI=1S/C22H26N2O2/c1-16-12-13-24(14-16)20-8-6-19(7-9-20)23-22(25)18-4-10-21(11-5-18)26-15-17-2-3-17/h4-11,16-17H,2-3,12-15H2,1H3,(H,23,25). The molecule has 1 aliphatic heterocycles. The first-order valence-corrected chi connectivity index (χ1v) is 9.56. The fourth-order valence-corrected chi connectivity index (χ4v) is 3.33. The molecule has 1 atom stereocenters. The van der Waals surface area contributed by atoms with Crippen LogP contribution in [-0.4, -0.2) is 25.6 Å². The first-order valence-electron chi connectivity index (χ1n) is 9.56. The largest absolute Gasteiger partial charge is 0.493 e. The van der Waals surface area contributed by atoms with Gasteiger partial charge < -0.3 is 15.0 Å². The van der Waals surface area contributed by atoms with E-state index in [1.165, 1.54) is 24.9 Å². The molecule has 0 bridgehead atoms. The lowest BCUT2D eigenvalue weighted by Gasteiger charge is -2.18. The summed E-state index contributed by atoms with van der Waals surface area (Å²) in [6.07, 6.45) is 3.80. The van der Waals surface area contributed by atoms with Crippen molar-refractivity contribution in [3.05, 3.63) is 54.1 Å². The Kier molecular flexibility index (Phi) is 4.83. The zero-order valence-electron chi connectivity index (χ0n) is 15.3. The molecule has 136 valence electrons. The summed E-state index contributed by atoms with van der Waals surface area (Å²) in [7, 11) is 0. The van der Waals surface area contributed by atoms with E-state index in [1.807, 2.05) is 36.4 Å². The Bertz CT molecular complexity index is 751. The predicted octanol–water partition coefficient (Wildman–Crippen LogP) is 4.57. The first-order chi connectivity index (χ1) is 12.7. The van der Waals surface area contributed by atoms with E-state index in [0.717, 1.165) is 43.0 Å². The van der Waals surface area contributed by atoms with Crippen LogP contribution in [0.15, 0.2) is 48.5 Å². The predicted molar refractivity (Wildman–Crippen MR) is 105 cm³/mol. The van der Waals surface area contributed by atoms with E-state index in [-0.39, 0.29) is 5.91 Å². The highest BCUT2D eigenvalue weighted by Crippen LogP contribution is 2.29. The highest BCUT2D eigenvalue weighted by atomic mass is 16.5. The third kappa shape index (κ3) is 4.18. The molecule has 0 spiro atoms. The molecule has 0 aromatic heterocycles. The molecule has 4 heteroatoms. The van der Waals surface area contributed by atoms with E-state index < -0.39 is 0 Å². The van der Waals surface area contributed by atoms with E-state index in [4.69, 9.17) is 4.74 Å². The minimum absolute atomic E-state index is 0.0960. The van der Waals surface area contributed by atoms with Crippen LogP contribution in [0.3, 0.4) is 0 Å². The highest BCUT2D eigenvalue weighted by Gasteiger charge is 2.22. The number of nitrogens with one attached hydrogen (secondary N) is 1. The average molecular weight is 350 g/mol. The maximum Gasteiger partial charge on any atom is 0.255 e. The van der Waals surface area contributed by atoms with E-state index in [9.17, 15) is 4.79 Å². The number of nitrogens with zero attached hydrogens (tertiary/aromatic N) is 1. The van der Waals surface area contributed by atoms with Gasteiger partial charge in [0.25, 0.3) is 5.91 Å². The van der Waals surface area contributed by atoms with E-state index in [0.29, 0.717) is 5.56 Å². The van der Waals surface area contributed by atoms with Crippen molar-refractivity contribution in [2.45, 2.75) is 26.2 Å². The Morgan fingerprint density at radius 2 is 1.81 bits per heavy atom. The Balaban J connectivity index is 1.33. The molecular formula is C22H26N2O2. The Labute approximate surface area is 155 Å². The van der Waals surface area contributed by atoms with Gasteiger partial charge in [0.15, 0.2) is 0 Å². The first kappa shape index (κ1) is 17.0. The molecule has 2 aromatic carbocycles. The van der Waals surface area contributed by atoms with Crippen molar-refractivity contribution >= 4 is 17.3 Å². The molecule has 1 saturated heterocycles. The lowest BCUT2D eigenvalue weighted by molar-refractivity contribution is 0.102. The highest BCUT2D eigenvalue weighted by molar-refractivity contribution is 6.04. The second kappa shape index (κ2) is 7.40. The maximum atomic E-state index is 12.4. The van der Waals surface area contributed by atoms with Gasteiger partial charge in [-0.1, -0.05) is 6.92 Å². The van der Waals surface area contributed by atoms with Gasteiger partial charge >= 0.3 is 0 Å². The summed E-state index contributed by atoms with van der Waals surface area (Å²) in [5.74, 6) is 2.22. The molecule has 1 N–H and O–H groups in total. The monoisotopic (exact) mass is 350 g/mol. The third-order valence-corrected chi connectivity index (χ3v) is 5.21. The summed E-state index contributed by atoms with van der Waals surface area (Å²) in [5.41, 5.74) is 2.69. The summed E-state index contributed by atoms with van der Waals surface area (Å²) < 4.78 is 5.72. The van der Waals surface area contributed by atoms with Gasteiger partial charge in [-0.3, -0.25) is 4.79 Å². The lowest BCUT2D eigenvalue weighted by Crippen LogP contribution is -2.19. The van der Waals surface area contributed by atoms with Crippen LogP contribution in [0.4, 0.5) is 11.4 Å². The Hall–Kier alpha value is -2.49. The summed E-state index contributed by atoms with van der Waals surface area (Å²) in [6, 6.07) is 15.5. The molecule has 4 rings (SSSR count). The van der Waals surface area contributed by atoms with Crippen LogP contribution in [0.25, 0.3) is 0 Å². The van der Waals surface area contributed by atoms with Gasteiger partial charge in [-0.2, -0.15) is 0 Å². The minimum Gasteiger partial charge on any atom is -0.493 e. The summed E-state index contributed by atoms with van der Waals surface area (Å²) in [4.78, 5) is 14.8. The fraction of sp³-hybridized carbons (Fsp3) is 0.409. The molecule has 2 aliphatic rings. The zero-order valence-corrected chi connectivity index (χ0v) is 15.3. The molecule has 1 saturated carbocycles. The van der Waals surface area contributed by atoms with Crippen molar-refractivity contribution in [1.82, 2.24) is 0 Å². The molecule has 2 fully saturated rings. The molecule has 0 radical (unpaired) electrons. The molecule has 1 aliphatic carbocycles. The number of amides is 1. The second-order valence-electron chi connectivity index (χ2n) is 7.62. The number of carbonyl (C=O) groups is 1. The molecule has 2 aromatic rings. The van der Waals surface area contributed by atoms with Gasteiger partial charge in [-0.05, 0) is 79.6 Å². The number of hydrogen-bond donors (Lipinski definition) is 1. The number of hydrogen-bond acceptors (Lipinski definition) is 3. The van der Waals surface area contributed by atoms with Crippen molar-refractivity contribution in [2.24, 2.45) is 11.8 Å². The quantitative estimate of drug-likeness (QED) is 0.829. The number of carbonyl (C=O) groups excluding carboxylic acids is 1. The smallest absolute Gasteiger partial charge is 0.255 e. The van der Waals surface area contributed by atoms with Crippen molar-refractivity contribution in [3.63, 3.8) is 0 Å². The van der Waals surface area contributed by atoms with Gasteiger partial charge in [-0.15, -0.1) is 0 Å². The normalized spacial score (nSPS) is 19.4. The Morgan fingerprint density at radius 3 is 2.42 bits per heavy atom. The molecule has 1 unspecified atom stereocenters. The van der Waals surface area contributed by atoms with E-state index in [1.54, 1.807) is 0 Å². The molecular weight excluding hydrogens is 324 g/mol. The maximum absolute atomic E-state index is 12.4. The van der Waals surface area contributed by atoms with Gasteiger partial charge in [0.2, 0.25) is 0 Å². The van der Waals surface area contributed by atoms with Crippen LogP contribution in [-0.2, 0) is 0 Å². The summed E-state index contributed by atoms with van der Waals surface area (Å²) in [6.45, 7) is 5.30. The topological polar surface area (TPSA) is 41.6 Å². The minimum atomic E-state index is -0.0960. The van der Waals surface area contributed by atoms with Crippen molar-refractivity contribution < 1.29 is 9.53 Å². The molecule has 1 amide bonds. The van der Waals surface area contributed by atoms with E-state index in [2.05, 4.69) is 29.3 Å². The molecule has 1 heterocycles. The van der Waals surface area contributed by atoms with Crippen LogP contribution in [0.2, 0.25) is 0 Å². The van der Waals surface area contributed by atoms with Gasteiger partial charge in [0.1, 0.15) is 5.75 Å². The fourth-order valence-electron chi connectivity index (χ4n) is 3.33. The van der Waals surface area contributed by atoms with Crippen LogP contribution in [0.1, 0.15) is 36.5 Å². The number of ether oxygens (including phenoxy) is 1. The van der Waals surface area contributed by atoms with Crippen molar-refractivity contribution in [2.75, 3.05) is 29.9 Å². The van der Waals surface area contributed by atoms with Gasteiger partial charge in [0, 0.05) is 30.0 Å². The van der Waals surface area contributed by atoms with Gasteiger partial charge in [-0.25, -0.2) is 0 Å². The van der Waals surface area contributed by atoms with Crippen molar-refractivity contribution in [3.8, 4) is 5.75 Å². The third-order valence-electron chi connectivity index (χ3n) is 5.21. The number of benzene rings is 2. The molecule has 4 nitrogen and oxygen atoms in total. The van der Waals surface area contributed by atoms with Crippen LogP contribution in [0, 0.1) is 11.8 Å². The van der Waals surface area contributed by atoms with Crippen LogP contribution in [0.5, 0.6) is 5.75 Å². The zero-order chi connectivity index (χ0) is 17.9. The van der Waals surface area contributed by atoms with Crippen molar-refractivity contribution in [1.29, 1.82) is 0 Å². The van der Waals surface area contributed by atoms with E-state index >= 15 is 0 Å². The second-order valence-corrected chi connectivity index (χ2v) is 7.62. The van der Waals surface area contributed by atoms with Gasteiger partial charge in [0.05, 0.1) is 6.61 Å². The Morgan fingerprint density at radius 1 is 1.08 bits per heavy atom.